The highest BCUT2D eigenvalue weighted by atomic mass is 16.4. The molecule has 2 aromatic rings. The predicted molar refractivity (Wildman–Crippen MR) is 132 cm³/mol. The Balaban J connectivity index is 1.07. The minimum absolute atomic E-state index is 0.0131. The number of carbonyl (C=O) groups is 2. The molecule has 6 rings (SSSR count). The van der Waals surface area contributed by atoms with Crippen LogP contribution in [0.1, 0.15) is 33.5 Å². The number of fused-ring (bicyclic) bond motifs is 4. The zero-order valence-corrected chi connectivity index (χ0v) is 19.8. The molecule has 8 heteroatoms. The van der Waals surface area contributed by atoms with E-state index in [-0.39, 0.29) is 18.0 Å². The number of carbonyl (C=O) groups excluding carboxylic acids is 1. The summed E-state index contributed by atoms with van der Waals surface area (Å²) >= 11 is 0. The number of anilines is 1. The molecule has 0 spiro atoms. The first-order chi connectivity index (χ1) is 17.0. The van der Waals surface area contributed by atoms with Gasteiger partial charge in [0.2, 0.25) is 0 Å². The third-order valence-electron chi connectivity index (χ3n) is 8.19. The largest absolute Gasteiger partial charge is 0.465 e. The van der Waals surface area contributed by atoms with Crippen molar-refractivity contribution in [3.8, 4) is 0 Å². The summed E-state index contributed by atoms with van der Waals surface area (Å²) in [6, 6.07) is 14.8. The van der Waals surface area contributed by atoms with Gasteiger partial charge in [-0.3, -0.25) is 9.69 Å². The summed E-state index contributed by atoms with van der Waals surface area (Å²) in [5.74, 6) is -0.0131. The molecule has 2 aromatic carbocycles. The molecule has 2 bridgehead atoms. The van der Waals surface area contributed by atoms with Crippen molar-refractivity contribution in [1.82, 2.24) is 14.7 Å². The highest BCUT2D eigenvalue weighted by Gasteiger charge is 2.45. The molecule has 8 nitrogen and oxygen atoms in total. The molecule has 2 N–H and O–H groups in total. The highest BCUT2D eigenvalue weighted by Crippen LogP contribution is 2.36. The molecule has 0 saturated carbocycles. The molecular formula is C27H32N4O4. The number of aliphatic hydroxyl groups excluding tert-OH is 1. The molecule has 0 aliphatic carbocycles. The Labute approximate surface area is 205 Å². The second-order valence-corrected chi connectivity index (χ2v) is 10.4. The summed E-state index contributed by atoms with van der Waals surface area (Å²) in [5.41, 5.74) is 5.56. The van der Waals surface area contributed by atoms with E-state index in [0.717, 1.165) is 49.2 Å². The number of hydrogen-bond donors (Lipinski definition) is 2. The Bertz CT molecular complexity index is 1150. The van der Waals surface area contributed by atoms with Crippen LogP contribution in [-0.4, -0.2) is 94.4 Å². The molecule has 3 atom stereocenters. The van der Waals surface area contributed by atoms with Gasteiger partial charge in [-0.2, -0.15) is 0 Å². The number of piperazine rings is 1. The lowest BCUT2D eigenvalue weighted by atomic mass is 9.97. The number of nitrogens with zero attached hydrogens (tertiary/aromatic N) is 4. The fourth-order valence-corrected chi connectivity index (χ4v) is 6.41. The fraction of sp³-hybridized carbons (Fsp3) is 0.481. The monoisotopic (exact) mass is 476 g/mol. The third kappa shape index (κ3) is 4.15. The lowest BCUT2D eigenvalue weighted by Gasteiger charge is -2.36. The lowest BCUT2D eigenvalue weighted by molar-refractivity contribution is 0.0493. The van der Waals surface area contributed by atoms with Crippen molar-refractivity contribution in [3.05, 3.63) is 64.7 Å². The molecule has 35 heavy (non-hydrogen) atoms. The summed E-state index contributed by atoms with van der Waals surface area (Å²) in [7, 11) is 0. The minimum atomic E-state index is -0.833. The van der Waals surface area contributed by atoms with Crippen molar-refractivity contribution in [3.63, 3.8) is 0 Å². The summed E-state index contributed by atoms with van der Waals surface area (Å²) in [6.07, 6.45) is 1.22. The average molecular weight is 477 g/mol. The van der Waals surface area contributed by atoms with Crippen LogP contribution in [-0.2, 0) is 19.4 Å². The molecule has 2 fully saturated rings. The molecule has 2 saturated heterocycles. The predicted octanol–water partition coefficient (Wildman–Crippen LogP) is 2.04. The second-order valence-electron chi connectivity index (χ2n) is 10.4. The summed E-state index contributed by atoms with van der Waals surface area (Å²) < 4.78 is 0. The first-order valence-corrected chi connectivity index (χ1v) is 12.6. The number of aliphatic hydroxyl groups is 1. The number of likely N-dealkylation sites (tertiary alicyclic amines) is 1. The van der Waals surface area contributed by atoms with E-state index in [1.165, 1.54) is 11.1 Å². The quantitative estimate of drug-likeness (QED) is 0.687. The number of rotatable bonds is 5. The molecule has 2 amide bonds. The molecule has 0 aromatic heterocycles. The maximum atomic E-state index is 13.2. The zero-order valence-electron chi connectivity index (χ0n) is 19.8. The minimum Gasteiger partial charge on any atom is -0.465 e. The van der Waals surface area contributed by atoms with Crippen molar-refractivity contribution in [2.75, 3.05) is 44.2 Å². The second kappa shape index (κ2) is 8.84. The Morgan fingerprint density at radius 3 is 2.54 bits per heavy atom. The average Bonchev–Trinajstić information content (AvgIpc) is 3.47. The molecule has 4 aliphatic heterocycles. The van der Waals surface area contributed by atoms with E-state index in [1.54, 1.807) is 9.80 Å². The van der Waals surface area contributed by atoms with Crippen LogP contribution in [0.25, 0.3) is 0 Å². The zero-order chi connectivity index (χ0) is 24.1. The molecule has 4 heterocycles. The van der Waals surface area contributed by atoms with Gasteiger partial charge in [-0.1, -0.05) is 24.3 Å². The van der Waals surface area contributed by atoms with Gasteiger partial charge in [-0.15, -0.1) is 0 Å². The van der Waals surface area contributed by atoms with E-state index in [1.807, 2.05) is 12.1 Å². The van der Waals surface area contributed by atoms with Crippen molar-refractivity contribution < 1.29 is 19.8 Å². The Kier molecular flexibility index (Phi) is 5.65. The standard InChI is InChI=1S/C27H32N4O4/c32-24(16-28-9-7-18-3-1-2-4-20(18)13-28)17-29-10-8-19-11-21(5-6-25(19)26(29)33)30-14-23-12-22(30)15-31(23)27(34)35/h1-6,11,22-24,32H,7-10,12-17H2,(H,34,35). The third-order valence-corrected chi connectivity index (χ3v) is 8.19. The van der Waals surface area contributed by atoms with E-state index < -0.39 is 12.2 Å². The number of benzene rings is 2. The highest BCUT2D eigenvalue weighted by molar-refractivity contribution is 5.97. The van der Waals surface area contributed by atoms with Gasteiger partial charge in [-0.05, 0) is 54.2 Å². The maximum absolute atomic E-state index is 13.2. The van der Waals surface area contributed by atoms with Crippen LogP contribution in [0.2, 0.25) is 0 Å². The molecule has 3 unspecified atom stereocenters. The number of β-amino-alcohol motifs (C(OH)–C–C–N with tert-alkyl or cyclic N) is 1. The van der Waals surface area contributed by atoms with Gasteiger partial charge >= 0.3 is 6.09 Å². The van der Waals surface area contributed by atoms with Crippen molar-refractivity contribution in [1.29, 1.82) is 0 Å². The number of amides is 2. The van der Waals surface area contributed by atoms with Crippen LogP contribution in [0, 0.1) is 0 Å². The Morgan fingerprint density at radius 1 is 0.971 bits per heavy atom. The number of carboxylic acid groups (broad SMARTS) is 1. The summed E-state index contributed by atoms with van der Waals surface area (Å²) in [5, 5.41) is 20.1. The van der Waals surface area contributed by atoms with Crippen LogP contribution in [0.3, 0.4) is 0 Å². The van der Waals surface area contributed by atoms with E-state index in [4.69, 9.17) is 0 Å². The van der Waals surface area contributed by atoms with Crippen molar-refractivity contribution in [2.24, 2.45) is 0 Å². The van der Waals surface area contributed by atoms with Gasteiger partial charge in [0.1, 0.15) is 0 Å². The SMILES string of the molecule is O=C1c2ccc(N3CC4CC3CN4C(=O)O)cc2CCN1CC(O)CN1CCc2ccccc2C1. The molecule has 0 radical (unpaired) electrons. The van der Waals surface area contributed by atoms with Crippen molar-refractivity contribution >= 4 is 17.7 Å². The molecular weight excluding hydrogens is 444 g/mol. The summed E-state index contributed by atoms with van der Waals surface area (Å²) in [6.45, 7) is 4.54. The Hall–Kier alpha value is -3.10. The van der Waals surface area contributed by atoms with Gasteiger partial charge in [0.15, 0.2) is 0 Å². The fourth-order valence-electron chi connectivity index (χ4n) is 6.41. The van der Waals surface area contributed by atoms with E-state index in [0.29, 0.717) is 32.7 Å². The van der Waals surface area contributed by atoms with Gasteiger partial charge in [-0.25, -0.2) is 4.79 Å². The van der Waals surface area contributed by atoms with Gasteiger partial charge < -0.3 is 24.9 Å². The van der Waals surface area contributed by atoms with Gasteiger partial charge in [0, 0.05) is 63.1 Å². The van der Waals surface area contributed by atoms with E-state index >= 15 is 0 Å². The Morgan fingerprint density at radius 2 is 1.77 bits per heavy atom. The smallest absolute Gasteiger partial charge is 0.407 e. The van der Waals surface area contributed by atoms with Crippen LogP contribution in [0.15, 0.2) is 42.5 Å². The van der Waals surface area contributed by atoms with Gasteiger partial charge in [0.05, 0.1) is 12.1 Å². The number of hydrogen-bond acceptors (Lipinski definition) is 5. The van der Waals surface area contributed by atoms with Crippen LogP contribution >= 0.6 is 0 Å². The molecule has 4 aliphatic rings. The first-order valence-electron chi connectivity index (χ1n) is 12.6. The van der Waals surface area contributed by atoms with Gasteiger partial charge in [0.25, 0.3) is 5.91 Å². The van der Waals surface area contributed by atoms with Crippen LogP contribution in [0.4, 0.5) is 10.5 Å². The summed E-state index contributed by atoms with van der Waals surface area (Å²) in [4.78, 5) is 32.5. The molecule has 184 valence electrons. The lowest BCUT2D eigenvalue weighted by Crippen LogP contribution is -2.48. The van der Waals surface area contributed by atoms with Crippen molar-refractivity contribution in [2.45, 2.75) is 44.0 Å². The van der Waals surface area contributed by atoms with E-state index in [2.05, 4.69) is 40.1 Å². The maximum Gasteiger partial charge on any atom is 0.407 e. The van der Waals surface area contributed by atoms with Crippen LogP contribution in [0.5, 0.6) is 0 Å². The van der Waals surface area contributed by atoms with Crippen LogP contribution < -0.4 is 4.90 Å². The van der Waals surface area contributed by atoms with E-state index in [9.17, 15) is 19.8 Å². The topological polar surface area (TPSA) is 87.6 Å². The normalized spacial score (nSPS) is 24.5. The first kappa shape index (κ1) is 22.4.